The van der Waals surface area contributed by atoms with Crippen molar-refractivity contribution in [2.24, 2.45) is 0 Å². The number of benzene rings is 2. The van der Waals surface area contributed by atoms with Crippen LogP contribution in [0.3, 0.4) is 0 Å². The summed E-state index contributed by atoms with van der Waals surface area (Å²) in [5, 5.41) is 19.4. The molecule has 0 aliphatic carbocycles. The maximum atomic E-state index is 10.1. The minimum Gasteiger partial charge on any atom is -0.508 e. The molecule has 0 saturated carbocycles. The number of aliphatic hydroxyl groups is 1. The first-order valence-corrected chi connectivity index (χ1v) is 5.96. The molecule has 92 valence electrons. The maximum Gasteiger partial charge on any atom is 0.127 e. The SMILES string of the molecule is Oc1ccc(C2C[C@H](O)c3ccccc3O2)cc1. The molecule has 2 aromatic rings. The number of rotatable bonds is 1. The Balaban J connectivity index is 1.92. The van der Waals surface area contributed by atoms with Crippen molar-refractivity contribution in [3.63, 3.8) is 0 Å². The van der Waals surface area contributed by atoms with Crippen molar-refractivity contribution in [1.29, 1.82) is 0 Å². The summed E-state index contributed by atoms with van der Waals surface area (Å²) in [4.78, 5) is 0. The summed E-state index contributed by atoms with van der Waals surface area (Å²) in [5.74, 6) is 0.963. The fourth-order valence-corrected chi connectivity index (χ4v) is 2.29. The second-order valence-corrected chi connectivity index (χ2v) is 4.49. The van der Waals surface area contributed by atoms with E-state index in [0.29, 0.717) is 6.42 Å². The molecular weight excluding hydrogens is 228 g/mol. The summed E-state index contributed by atoms with van der Waals surface area (Å²) in [6.45, 7) is 0. The molecule has 3 heteroatoms. The summed E-state index contributed by atoms with van der Waals surface area (Å²) >= 11 is 0. The maximum absolute atomic E-state index is 10.1. The van der Waals surface area contributed by atoms with Gasteiger partial charge in [0.25, 0.3) is 0 Å². The van der Waals surface area contributed by atoms with Gasteiger partial charge >= 0.3 is 0 Å². The van der Waals surface area contributed by atoms with E-state index in [2.05, 4.69) is 0 Å². The molecule has 1 unspecified atom stereocenters. The summed E-state index contributed by atoms with van der Waals surface area (Å²) in [5.41, 5.74) is 1.80. The highest BCUT2D eigenvalue weighted by atomic mass is 16.5. The molecule has 1 aliphatic heterocycles. The number of hydrogen-bond donors (Lipinski definition) is 2. The molecule has 0 aromatic heterocycles. The molecule has 1 heterocycles. The van der Waals surface area contributed by atoms with Crippen molar-refractivity contribution < 1.29 is 14.9 Å². The van der Waals surface area contributed by atoms with Crippen molar-refractivity contribution in [3.05, 3.63) is 59.7 Å². The molecular formula is C15H14O3. The van der Waals surface area contributed by atoms with Gasteiger partial charge < -0.3 is 14.9 Å². The zero-order valence-corrected chi connectivity index (χ0v) is 9.78. The second kappa shape index (κ2) is 4.35. The number of para-hydroxylation sites is 1. The van der Waals surface area contributed by atoms with Crippen LogP contribution in [0.1, 0.15) is 29.8 Å². The Hall–Kier alpha value is -2.00. The Labute approximate surface area is 105 Å². The van der Waals surface area contributed by atoms with E-state index in [1.165, 1.54) is 0 Å². The molecule has 0 fully saturated rings. The molecule has 18 heavy (non-hydrogen) atoms. The van der Waals surface area contributed by atoms with Gasteiger partial charge in [0.2, 0.25) is 0 Å². The lowest BCUT2D eigenvalue weighted by atomic mass is 9.95. The van der Waals surface area contributed by atoms with Gasteiger partial charge in [-0.3, -0.25) is 0 Å². The van der Waals surface area contributed by atoms with Crippen LogP contribution in [0.5, 0.6) is 11.5 Å². The number of fused-ring (bicyclic) bond motifs is 1. The standard InChI is InChI=1S/C15H14O3/c16-11-7-5-10(6-8-11)15-9-13(17)12-3-1-2-4-14(12)18-15/h1-8,13,15-17H,9H2/t13-,15?/m0/s1. The summed E-state index contributed by atoms with van der Waals surface area (Å²) in [6.07, 6.45) is -0.147. The van der Waals surface area contributed by atoms with Gasteiger partial charge in [-0.1, -0.05) is 30.3 Å². The molecule has 0 radical (unpaired) electrons. The van der Waals surface area contributed by atoms with Crippen molar-refractivity contribution >= 4 is 0 Å². The second-order valence-electron chi connectivity index (χ2n) is 4.49. The van der Waals surface area contributed by atoms with Gasteiger partial charge in [0, 0.05) is 12.0 Å². The predicted molar refractivity (Wildman–Crippen MR) is 67.5 cm³/mol. The number of phenols is 1. The molecule has 2 atom stereocenters. The summed E-state index contributed by atoms with van der Waals surface area (Å²) in [6, 6.07) is 14.4. The van der Waals surface area contributed by atoms with Gasteiger partial charge in [-0.2, -0.15) is 0 Å². The van der Waals surface area contributed by atoms with Crippen molar-refractivity contribution in [1.82, 2.24) is 0 Å². The van der Waals surface area contributed by atoms with Crippen LogP contribution in [0.2, 0.25) is 0 Å². The highest BCUT2D eigenvalue weighted by molar-refractivity contribution is 5.38. The van der Waals surface area contributed by atoms with Crippen molar-refractivity contribution in [2.75, 3.05) is 0 Å². The third-order valence-corrected chi connectivity index (χ3v) is 3.25. The average molecular weight is 242 g/mol. The molecule has 0 bridgehead atoms. The quantitative estimate of drug-likeness (QED) is 0.808. The molecule has 3 rings (SSSR count). The largest absolute Gasteiger partial charge is 0.508 e. The van der Waals surface area contributed by atoms with E-state index in [0.717, 1.165) is 16.9 Å². The van der Waals surface area contributed by atoms with Gasteiger partial charge in [0.1, 0.15) is 17.6 Å². The lowest BCUT2D eigenvalue weighted by molar-refractivity contribution is 0.0657. The van der Waals surface area contributed by atoms with E-state index in [1.807, 2.05) is 36.4 Å². The normalized spacial score (nSPS) is 22.1. The lowest BCUT2D eigenvalue weighted by Crippen LogP contribution is -2.18. The number of hydrogen-bond acceptors (Lipinski definition) is 3. The van der Waals surface area contributed by atoms with E-state index in [1.54, 1.807) is 12.1 Å². The van der Waals surface area contributed by atoms with Crippen LogP contribution in [-0.4, -0.2) is 10.2 Å². The topological polar surface area (TPSA) is 49.7 Å². The van der Waals surface area contributed by atoms with Crippen LogP contribution >= 0.6 is 0 Å². The van der Waals surface area contributed by atoms with Crippen LogP contribution in [-0.2, 0) is 0 Å². The Morgan fingerprint density at radius 3 is 2.50 bits per heavy atom. The van der Waals surface area contributed by atoms with Gasteiger partial charge in [-0.25, -0.2) is 0 Å². The first kappa shape index (κ1) is 11.1. The minimum atomic E-state index is -0.506. The van der Waals surface area contributed by atoms with Crippen LogP contribution in [0.15, 0.2) is 48.5 Å². The van der Waals surface area contributed by atoms with Gasteiger partial charge in [-0.15, -0.1) is 0 Å². The molecule has 2 N–H and O–H groups in total. The number of aromatic hydroxyl groups is 1. The van der Waals surface area contributed by atoms with Crippen LogP contribution in [0, 0.1) is 0 Å². The van der Waals surface area contributed by atoms with Crippen LogP contribution < -0.4 is 4.74 Å². The van der Waals surface area contributed by atoms with Gasteiger partial charge in [0.05, 0.1) is 6.10 Å². The number of ether oxygens (including phenoxy) is 1. The summed E-state index contributed by atoms with van der Waals surface area (Å²) < 4.78 is 5.89. The third-order valence-electron chi connectivity index (χ3n) is 3.25. The van der Waals surface area contributed by atoms with Crippen molar-refractivity contribution in [3.8, 4) is 11.5 Å². The number of aliphatic hydroxyl groups excluding tert-OH is 1. The van der Waals surface area contributed by atoms with Crippen LogP contribution in [0.25, 0.3) is 0 Å². The highest BCUT2D eigenvalue weighted by Crippen LogP contribution is 2.40. The fraction of sp³-hybridized carbons (Fsp3) is 0.200. The molecule has 1 aliphatic rings. The minimum absolute atomic E-state index is 0.171. The fourth-order valence-electron chi connectivity index (χ4n) is 2.29. The van der Waals surface area contributed by atoms with E-state index < -0.39 is 6.10 Å². The smallest absolute Gasteiger partial charge is 0.127 e. The average Bonchev–Trinajstić information content (AvgIpc) is 2.39. The van der Waals surface area contributed by atoms with E-state index >= 15 is 0 Å². The third kappa shape index (κ3) is 1.93. The van der Waals surface area contributed by atoms with Gasteiger partial charge in [0.15, 0.2) is 0 Å². The Kier molecular flexibility index (Phi) is 2.68. The highest BCUT2D eigenvalue weighted by Gasteiger charge is 2.27. The zero-order chi connectivity index (χ0) is 12.5. The van der Waals surface area contributed by atoms with E-state index in [9.17, 15) is 10.2 Å². The summed E-state index contributed by atoms with van der Waals surface area (Å²) in [7, 11) is 0. The molecule has 3 nitrogen and oxygen atoms in total. The Morgan fingerprint density at radius 1 is 1.00 bits per heavy atom. The predicted octanol–water partition coefficient (Wildman–Crippen LogP) is 2.95. The lowest BCUT2D eigenvalue weighted by Gasteiger charge is -2.29. The van der Waals surface area contributed by atoms with Gasteiger partial charge in [-0.05, 0) is 23.8 Å². The molecule has 0 amide bonds. The zero-order valence-electron chi connectivity index (χ0n) is 9.78. The molecule has 0 spiro atoms. The number of phenolic OH excluding ortho intramolecular Hbond substituents is 1. The molecule has 0 saturated heterocycles. The van der Waals surface area contributed by atoms with E-state index in [4.69, 9.17) is 4.74 Å². The first-order chi connectivity index (χ1) is 8.74. The Morgan fingerprint density at radius 2 is 1.72 bits per heavy atom. The molecule has 2 aromatic carbocycles. The monoisotopic (exact) mass is 242 g/mol. The Bertz CT molecular complexity index is 548. The van der Waals surface area contributed by atoms with Crippen LogP contribution in [0.4, 0.5) is 0 Å². The van der Waals surface area contributed by atoms with Crippen molar-refractivity contribution in [2.45, 2.75) is 18.6 Å². The first-order valence-electron chi connectivity index (χ1n) is 5.96. The van der Waals surface area contributed by atoms with E-state index in [-0.39, 0.29) is 11.9 Å².